The Hall–Kier alpha value is -2.78. The molecular formula is C23H29N5O4. The molecule has 9 nitrogen and oxygen atoms in total. The number of anilines is 1. The molecule has 170 valence electrons. The van der Waals surface area contributed by atoms with Crippen molar-refractivity contribution < 1.29 is 19.2 Å². The number of likely N-dealkylation sites (tertiary alicyclic amines) is 1. The van der Waals surface area contributed by atoms with E-state index in [-0.39, 0.29) is 18.7 Å². The summed E-state index contributed by atoms with van der Waals surface area (Å²) in [5.74, 6) is -1.36. The van der Waals surface area contributed by atoms with Crippen LogP contribution in [0.4, 0.5) is 5.69 Å². The molecule has 4 aliphatic heterocycles. The maximum absolute atomic E-state index is 13.3. The summed E-state index contributed by atoms with van der Waals surface area (Å²) < 4.78 is 0. The lowest BCUT2D eigenvalue weighted by Gasteiger charge is -2.32. The zero-order valence-electron chi connectivity index (χ0n) is 18.1. The Morgan fingerprint density at radius 2 is 1.75 bits per heavy atom. The van der Waals surface area contributed by atoms with E-state index in [4.69, 9.17) is 5.73 Å². The number of fused-ring (bicyclic) bond motifs is 1. The van der Waals surface area contributed by atoms with Crippen LogP contribution in [0.1, 0.15) is 52.8 Å². The summed E-state index contributed by atoms with van der Waals surface area (Å²) in [4.78, 5) is 55.9. The molecule has 1 aromatic carbocycles. The quantitative estimate of drug-likeness (QED) is 0.650. The molecule has 1 unspecified atom stereocenters. The van der Waals surface area contributed by atoms with Gasteiger partial charge in [-0.2, -0.15) is 0 Å². The monoisotopic (exact) mass is 439 g/mol. The van der Waals surface area contributed by atoms with E-state index in [1.807, 2.05) is 6.07 Å². The van der Waals surface area contributed by atoms with E-state index in [0.717, 1.165) is 62.6 Å². The predicted molar refractivity (Wildman–Crippen MR) is 117 cm³/mol. The first kappa shape index (κ1) is 21.1. The van der Waals surface area contributed by atoms with E-state index in [1.165, 1.54) is 0 Å². The van der Waals surface area contributed by atoms with Crippen LogP contribution >= 0.6 is 0 Å². The molecule has 3 saturated heterocycles. The second-order valence-corrected chi connectivity index (χ2v) is 9.39. The summed E-state index contributed by atoms with van der Waals surface area (Å²) in [6.45, 7) is 4.75. The second kappa shape index (κ2) is 8.29. The Morgan fingerprint density at radius 1 is 0.969 bits per heavy atom. The Labute approximate surface area is 186 Å². The first-order valence-electron chi connectivity index (χ1n) is 11.5. The standard InChI is InChI=1S/C23H29N5O4/c24-15-7-9-26(10-8-15)12-14-6-11-27(13-14)17-3-1-2-16-20(17)23(32)28(22(16)31)18-4-5-19(29)25-21(18)30/h1-3,14-15,18H,4-13,24H2,(H,25,29,30)/t14-,18?/m0/s1. The highest BCUT2D eigenvalue weighted by molar-refractivity contribution is 6.25. The lowest BCUT2D eigenvalue weighted by Crippen LogP contribution is -2.54. The van der Waals surface area contributed by atoms with Crippen molar-refractivity contribution in [3.8, 4) is 0 Å². The topological polar surface area (TPSA) is 116 Å². The summed E-state index contributed by atoms with van der Waals surface area (Å²) >= 11 is 0. The molecule has 4 heterocycles. The third kappa shape index (κ3) is 3.69. The van der Waals surface area contributed by atoms with Crippen molar-refractivity contribution in [3.63, 3.8) is 0 Å². The van der Waals surface area contributed by atoms with E-state index in [9.17, 15) is 19.2 Å². The average Bonchev–Trinajstić information content (AvgIpc) is 3.33. The summed E-state index contributed by atoms with van der Waals surface area (Å²) in [6.07, 6.45) is 3.39. The number of carbonyl (C=O) groups is 4. The molecule has 0 bridgehead atoms. The highest BCUT2D eigenvalue weighted by Gasteiger charge is 2.46. The van der Waals surface area contributed by atoms with Gasteiger partial charge >= 0.3 is 0 Å². The van der Waals surface area contributed by atoms with Gasteiger partial charge in [-0.15, -0.1) is 0 Å². The molecule has 0 spiro atoms. The van der Waals surface area contributed by atoms with E-state index in [0.29, 0.717) is 23.1 Å². The zero-order chi connectivity index (χ0) is 22.4. The van der Waals surface area contributed by atoms with Gasteiger partial charge in [0, 0.05) is 32.1 Å². The number of imide groups is 2. The van der Waals surface area contributed by atoms with E-state index >= 15 is 0 Å². The van der Waals surface area contributed by atoms with Gasteiger partial charge in [-0.1, -0.05) is 6.07 Å². The van der Waals surface area contributed by atoms with Crippen molar-refractivity contribution >= 4 is 29.3 Å². The highest BCUT2D eigenvalue weighted by atomic mass is 16.2. The minimum absolute atomic E-state index is 0.117. The summed E-state index contributed by atoms with van der Waals surface area (Å²) in [6, 6.07) is 4.71. The minimum atomic E-state index is -0.940. The Kier molecular flexibility index (Phi) is 5.46. The normalized spacial score (nSPS) is 27.3. The van der Waals surface area contributed by atoms with Gasteiger partial charge in [-0.25, -0.2) is 0 Å². The lowest BCUT2D eigenvalue weighted by atomic mass is 10.0. The molecule has 0 aliphatic carbocycles. The van der Waals surface area contributed by atoms with Crippen molar-refractivity contribution in [2.75, 3.05) is 37.6 Å². The molecule has 3 fully saturated rings. The fourth-order valence-corrected chi connectivity index (χ4v) is 5.46. The maximum Gasteiger partial charge on any atom is 0.264 e. The molecule has 32 heavy (non-hydrogen) atoms. The number of carbonyl (C=O) groups excluding carboxylic acids is 4. The number of hydrogen-bond acceptors (Lipinski definition) is 7. The molecule has 0 radical (unpaired) electrons. The minimum Gasteiger partial charge on any atom is -0.371 e. The van der Waals surface area contributed by atoms with Gasteiger partial charge in [0.15, 0.2) is 0 Å². The molecule has 0 saturated carbocycles. The number of nitrogens with one attached hydrogen (secondary N) is 1. The smallest absolute Gasteiger partial charge is 0.264 e. The Balaban J connectivity index is 1.32. The molecule has 9 heteroatoms. The fourth-order valence-electron chi connectivity index (χ4n) is 5.46. The number of rotatable bonds is 4. The predicted octanol–water partition coefficient (Wildman–Crippen LogP) is 0.337. The van der Waals surface area contributed by atoms with Crippen molar-refractivity contribution in [1.29, 1.82) is 0 Å². The number of nitrogens with zero attached hydrogens (tertiary/aromatic N) is 3. The first-order valence-corrected chi connectivity index (χ1v) is 11.5. The Bertz CT molecular complexity index is 971. The third-order valence-electron chi connectivity index (χ3n) is 7.22. The summed E-state index contributed by atoms with van der Waals surface area (Å²) in [5.41, 5.74) is 7.50. The fraction of sp³-hybridized carbons (Fsp3) is 0.565. The van der Waals surface area contributed by atoms with Gasteiger partial charge in [0.25, 0.3) is 11.8 Å². The first-order chi connectivity index (χ1) is 15.4. The van der Waals surface area contributed by atoms with Crippen molar-refractivity contribution in [2.45, 2.75) is 44.2 Å². The molecule has 5 rings (SSSR count). The lowest BCUT2D eigenvalue weighted by molar-refractivity contribution is -0.136. The molecule has 0 aromatic heterocycles. The molecule has 2 atom stereocenters. The van der Waals surface area contributed by atoms with E-state index in [2.05, 4.69) is 15.1 Å². The maximum atomic E-state index is 13.3. The third-order valence-corrected chi connectivity index (χ3v) is 7.22. The van der Waals surface area contributed by atoms with Crippen LogP contribution < -0.4 is 16.0 Å². The zero-order valence-corrected chi connectivity index (χ0v) is 18.1. The van der Waals surface area contributed by atoms with Gasteiger partial charge in [-0.3, -0.25) is 29.4 Å². The molecule has 3 N–H and O–H groups in total. The van der Waals surface area contributed by atoms with Crippen LogP contribution in [-0.2, 0) is 9.59 Å². The summed E-state index contributed by atoms with van der Waals surface area (Å²) in [5, 5.41) is 2.24. The number of nitrogens with two attached hydrogens (primary N) is 1. The van der Waals surface area contributed by atoms with Gasteiger partial charge in [-0.05, 0) is 56.8 Å². The summed E-state index contributed by atoms with van der Waals surface area (Å²) in [7, 11) is 0. The van der Waals surface area contributed by atoms with Crippen LogP contribution in [0.2, 0.25) is 0 Å². The van der Waals surface area contributed by atoms with Crippen LogP contribution in [0.3, 0.4) is 0 Å². The van der Waals surface area contributed by atoms with E-state index < -0.39 is 23.8 Å². The van der Waals surface area contributed by atoms with Crippen molar-refractivity contribution in [2.24, 2.45) is 11.7 Å². The number of hydrogen-bond donors (Lipinski definition) is 2. The number of piperidine rings is 2. The Morgan fingerprint density at radius 3 is 2.50 bits per heavy atom. The van der Waals surface area contributed by atoms with Gasteiger partial charge in [0.1, 0.15) is 6.04 Å². The SMILES string of the molecule is NC1CCN(C[C@@H]2CCN(c3cccc4c3C(=O)N(C3CCC(=O)NC3=O)C4=O)C2)CC1. The van der Waals surface area contributed by atoms with Crippen LogP contribution in [0.5, 0.6) is 0 Å². The molecule has 1 aromatic rings. The van der Waals surface area contributed by atoms with Crippen LogP contribution in [-0.4, -0.2) is 78.2 Å². The highest BCUT2D eigenvalue weighted by Crippen LogP contribution is 2.36. The number of amides is 4. The van der Waals surface area contributed by atoms with Crippen LogP contribution in [0.25, 0.3) is 0 Å². The number of benzene rings is 1. The van der Waals surface area contributed by atoms with Gasteiger partial charge < -0.3 is 15.5 Å². The molecule has 4 amide bonds. The van der Waals surface area contributed by atoms with Crippen LogP contribution in [0.15, 0.2) is 18.2 Å². The van der Waals surface area contributed by atoms with Gasteiger partial charge in [0.2, 0.25) is 11.8 Å². The van der Waals surface area contributed by atoms with Gasteiger partial charge in [0.05, 0.1) is 16.8 Å². The molecule has 4 aliphatic rings. The average molecular weight is 440 g/mol. The van der Waals surface area contributed by atoms with Crippen molar-refractivity contribution in [1.82, 2.24) is 15.1 Å². The van der Waals surface area contributed by atoms with Crippen LogP contribution in [0, 0.1) is 5.92 Å². The molecular weight excluding hydrogens is 410 g/mol. The van der Waals surface area contributed by atoms with Crippen molar-refractivity contribution in [3.05, 3.63) is 29.3 Å². The van der Waals surface area contributed by atoms with E-state index in [1.54, 1.807) is 12.1 Å². The second-order valence-electron chi connectivity index (χ2n) is 9.39. The largest absolute Gasteiger partial charge is 0.371 e.